The first kappa shape index (κ1) is 10.2. The molecule has 0 saturated carbocycles. The summed E-state index contributed by atoms with van der Waals surface area (Å²) >= 11 is 0. The quantitative estimate of drug-likeness (QED) is 0.733. The van der Waals surface area contributed by atoms with Gasteiger partial charge in [0.25, 0.3) is 0 Å². The average Bonchev–Trinajstić information content (AvgIpc) is 2.78. The number of hydrogen-bond donors (Lipinski definition) is 0. The van der Waals surface area contributed by atoms with Crippen LogP contribution in [-0.2, 0) is 0 Å². The van der Waals surface area contributed by atoms with E-state index in [9.17, 15) is 0 Å². The zero-order chi connectivity index (χ0) is 10.7. The first-order valence-electron chi connectivity index (χ1n) is 5.50. The minimum absolute atomic E-state index is 0.233. The fraction of sp³-hybridized carbons (Fsp3) is 0.462. The molecule has 1 heterocycles. The Labute approximate surface area is 91.1 Å². The van der Waals surface area contributed by atoms with Crippen LogP contribution in [0.3, 0.4) is 0 Å². The molecule has 0 aromatic heterocycles. The topological polar surface area (TPSA) is 27.0 Å². The summed E-state index contributed by atoms with van der Waals surface area (Å²) in [6.07, 6.45) is 1.02. The molecule has 1 fully saturated rings. The highest BCUT2D eigenvalue weighted by Crippen LogP contribution is 2.26. The molecule has 0 unspecified atom stereocenters. The van der Waals surface area contributed by atoms with Crippen molar-refractivity contribution in [3.8, 4) is 6.07 Å². The van der Waals surface area contributed by atoms with Crippen LogP contribution in [-0.4, -0.2) is 18.0 Å². The van der Waals surface area contributed by atoms with Crippen molar-refractivity contribution >= 4 is 0 Å². The van der Waals surface area contributed by atoms with E-state index in [-0.39, 0.29) is 5.92 Å². The van der Waals surface area contributed by atoms with Gasteiger partial charge in [-0.1, -0.05) is 30.3 Å². The molecule has 1 aliphatic rings. The summed E-state index contributed by atoms with van der Waals surface area (Å²) in [7, 11) is 0. The van der Waals surface area contributed by atoms with Crippen LogP contribution in [0.5, 0.6) is 0 Å². The van der Waals surface area contributed by atoms with Gasteiger partial charge in [-0.3, -0.25) is 4.90 Å². The van der Waals surface area contributed by atoms with Crippen LogP contribution in [0.2, 0.25) is 0 Å². The highest BCUT2D eigenvalue weighted by atomic mass is 15.2. The van der Waals surface area contributed by atoms with Crippen LogP contribution in [0.1, 0.15) is 24.9 Å². The molecule has 78 valence electrons. The number of hydrogen-bond acceptors (Lipinski definition) is 2. The number of nitriles is 1. The van der Waals surface area contributed by atoms with E-state index in [2.05, 4.69) is 42.2 Å². The Kier molecular flexibility index (Phi) is 3.03. The Bertz CT molecular complexity index is 353. The average molecular weight is 200 g/mol. The Balaban J connectivity index is 2.04. The molecule has 1 saturated heterocycles. The third kappa shape index (κ3) is 2.19. The van der Waals surface area contributed by atoms with Gasteiger partial charge in [0.2, 0.25) is 0 Å². The van der Waals surface area contributed by atoms with Gasteiger partial charge in [0.1, 0.15) is 0 Å². The summed E-state index contributed by atoms with van der Waals surface area (Å²) in [6, 6.07) is 13.3. The molecule has 1 aromatic rings. The Hall–Kier alpha value is -1.33. The molecular weight excluding hydrogens is 184 g/mol. The van der Waals surface area contributed by atoms with Crippen molar-refractivity contribution in [1.82, 2.24) is 4.90 Å². The molecule has 0 N–H and O–H groups in total. The molecular formula is C13H16N2. The van der Waals surface area contributed by atoms with Crippen molar-refractivity contribution in [2.45, 2.75) is 19.4 Å². The summed E-state index contributed by atoms with van der Waals surface area (Å²) in [5, 5.41) is 8.86. The molecule has 0 aliphatic carbocycles. The van der Waals surface area contributed by atoms with Crippen molar-refractivity contribution in [3.05, 3.63) is 35.9 Å². The van der Waals surface area contributed by atoms with Crippen molar-refractivity contribution in [2.75, 3.05) is 13.1 Å². The van der Waals surface area contributed by atoms with E-state index >= 15 is 0 Å². The third-order valence-electron chi connectivity index (χ3n) is 3.23. The monoisotopic (exact) mass is 200 g/mol. The Morgan fingerprint density at radius 2 is 2.13 bits per heavy atom. The molecule has 2 nitrogen and oxygen atoms in total. The van der Waals surface area contributed by atoms with E-state index in [4.69, 9.17) is 5.26 Å². The molecule has 0 amide bonds. The minimum atomic E-state index is 0.233. The summed E-state index contributed by atoms with van der Waals surface area (Å²) in [5.41, 5.74) is 1.34. The summed E-state index contributed by atoms with van der Waals surface area (Å²) in [4.78, 5) is 2.39. The zero-order valence-electron chi connectivity index (χ0n) is 9.06. The van der Waals surface area contributed by atoms with Crippen LogP contribution >= 0.6 is 0 Å². The second kappa shape index (κ2) is 4.46. The van der Waals surface area contributed by atoms with Gasteiger partial charge in [-0.2, -0.15) is 5.26 Å². The SMILES string of the molecule is C[C@@H](c1ccccc1)N1CC[C@@H](C#N)C1. The van der Waals surface area contributed by atoms with E-state index < -0.39 is 0 Å². The summed E-state index contributed by atoms with van der Waals surface area (Å²) in [6.45, 7) is 4.19. The highest BCUT2D eigenvalue weighted by molar-refractivity contribution is 5.18. The van der Waals surface area contributed by atoms with Gasteiger partial charge in [0.15, 0.2) is 0 Å². The maximum absolute atomic E-state index is 8.86. The van der Waals surface area contributed by atoms with Crippen LogP contribution in [0.25, 0.3) is 0 Å². The van der Waals surface area contributed by atoms with Crippen molar-refractivity contribution in [3.63, 3.8) is 0 Å². The van der Waals surface area contributed by atoms with E-state index in [1.165, 1.54) is 5.56 Å². The molecule has 15 heavy (non-hydrogen) atoms. The predicted molar refractivity (Wildman–Crippen MR) is 60.2 cm³/mol. The maximum Gasteiger partial charge on any atom is 0.0669 e. The van der Waals surface area contributed by atoms with Crippen molar-refractivity contribution < 1.29 is 0 Å². The zero-order valence-corrected chi connectivity index (χ0v) is 9.06. The third-order valence-corrected chi connectivity index (χ3v) is 3.23. The van der Waals surface area contributed by atoms with Gasteiger partial charge < -0.3 is 0 Å². The first-order valence-corrected chi connectivity index (χ1v) is 5.50. The fourth-order valence-corrected chi connectivity index (χ4v) is 2.19. The van der Waals surface area contributed by atoms with Crippen molar-refractivity contribution in [1.29, 1.82) is 5.26 Å². The molecule has 1 aliphatic heterocycles. The van der Waals surface area contributed by atoms with Crippen LogP contribution in [0.4, 0.5) is 0 Å². The number of rotatable bonds is 2. The highest BCUT2D eigenvalue weighted by Gasteiger charge is 2.26. The van der Waals surface area contributed by atoms with Gasteiger partial charge in [0.05, 0.1) is 12.0 Å². The number of nitrogens with zero attached hydrogens (tertiary/aromatic N) is 2. The van der Waals surface area contributed by atoms with E-state index in [1.54, 1.807) is 0 Å². The smallest absolute Gasteiger partial charge is 0.0669 e. The normalized spacial score (nSPS) is 23.6. The lowest BCUT2D eigenvalue weighted by Gasteiger charge is -2.24. The second-order valence-electron chi connectivity index (χ2n) is 4.20. The number of likely N-dealkylation sites (tertiary alicyclic amines) is 1. The summed E-state index contributed by atoms with van der Waals surface area (Å²) in [5.74, 6) is 0.233. The van der Waals surface area contributed by atoms with Crippen LogP contribution in [0, 0.1) is 17.2 Å². The van der Waals surface area contributed by atoms with Crippen molar-refractivity contribution in [2.24, 2.45) is 5.92 Å². The summed E-state index contributed by atoms with van der Waals surface area (Å²) < 4.78 is 0. The van der Waals surface area contributed by atoms with Crippen LogP contribution < -0.4 is 0 Å². The van der Waals surface area contributed by atoms with Gasteiger partial charge >= 0.3 is 0 Å². The van der Waals surface area contributed by atoms with Gasteiger partial charge in [-0.05, 0) is 18.9 Å². The standard InChI is InChI=1S/C13H16N2/c1-11(13-5-3-2-4-6-13)15-8-7-12(9-14)10-15/h2-6,11-12H,7-8,10H2,1H3/t11-,12-/m0/s1. The molecule has 0 bridgehead atoms. The Morgan fingerprint density at radius 3 is 2.73 bits per heavy atom. The van der Waals surface area contributed by atoms with E-state index in [0.29, 0.717) is 6.04 Å². The second-order valence-corrected chi connectivity index (χ2v) is 4.20. The largest absolute Gasteiger partial charge is 0.295 e. The molecule has 2 heteroatoms. The maximum atomic E-state index is 8.86. The molecule has 0 spiro atoms. The van der Waals surface area contributed by atoms with E-state index in [1.807, 2.05) is 6.07 Å². The molecule has 0 radical (unpaired) electrons. The lowest BCUT2D eigenvalue weighted by molar-refractivity contribution is 0.258. The lowest BCUT2D eigenvalue weighted by atomic mass is 10.1. The fourth-order valence-electron chi connectivity index (χ4n) is 2.19. The predicted octanol–water partition coefficient (Wildman–Crippen LogP) is 2.59. The first-order chi connectivity index (χ1) is 7.31. The number of benzene rings is 1. The minimum Gasteiger partial charge on any atom is -0.295 e. The Morgan fingerprint density at radius 1 is 1.40 bits per heavy atom. The van der Waals surface area contributed by atoms with Crippen LogP contribution in [0.15, 0.2) is 30.3 Å². The van der Waals surface area contributed by atoms with Gasteiger partial charge in [0, 0.05) is 19.1 Å². The molecule has 1 aromatic carbocycles. The lowest BCUT2D eigenvalue weighted by Crippen LogP contribution is -2.24. The molecule has 2 atom stereocenters. The van der Waals surface area contributed by atoms with Gasteiger partial charge in [-0.25, -0.2) is 0 Å². The van der Waals surface area contributed by atoms with Gasteiger partial charge in [-0.15, -0.1) is 0 Å². The molecule has 2 rings (SSSR count). The van der Waals surface area contributed by atoms with E-state index in [0.717, 1.165) is 19.5 Å².